The number of hydrogen-bond acceptors (Lipinski definition) is 6. The Morgan fingerprint density at radius 2 is 2.12 bits per heavy atom. The maximum absolute atomic E-state index is 12.9. The largest absolute Gasteiger partial charge is 0.394 e. The Balaban J connectivity index is 1.76. The standard InChI is InChI=1S/C23H34N6O4/c1-17-13-28(18(2)15-30)22(31)10-7-11-29-20(12-24-26-29)16-33-21(17)14-27(3)23(32)25-19-8-5-4-6-9-19/h4-6,8-9,12,17-18,21,30H,7,10-11,13-16H2,1-3H3,(H,25,32)/t17-,18+,21-/m1/s1. The van der Waals surface area contributed by atoms with E-state index in [2.05, 4.69) is 15.6 Å². The number of aliphatic hydroxyl groups is 1. The number of ether oxygens (including phenoxy) is 1. The molecule has 3 rings (SSSR count). The molecule has 1 aromatic heterocycles. The fourth-order valence-electron chi connectivity index (χ4n) is 3.84. The minimum absolute atomic E-state index is 0.0143. The van der Waals surface area contributed by atoms with Crippen LogP contribution in [0.15, 0.2) is 36.5 Å². The Bertz CT molecular complexity index is 905. The third-order valence-corrected chi connectivity index (χ3v) is 5.97. The number of benzene rings is 1. The second kappa shape index (κ2) is 11.8. The quantitative estimate of drug-likeness (QED) is 0.708. The molecule has 33 heavy (non-hydrogen) atoms. The molecule has 1 aromatic carbocycles. The fraction of sp³-hybridized carbons (Fsp3) is 0.565. The highest BCUT2D eigenvalue weighted by atomic mass is 16.5. The molecular weight excluding hydrogens is 424 g/mol. The van der Waals surface area contributed by atoms with Crippen LogP contribution in [-0.2, 0) is 22.7 Å². The van der Waals surface area contributed by atoms with Crippen molar-refractivity contribution in [2.45, 2.75) is 52.0 Å². The number of nitrogens with zero attached hydrogens (tertiary/aromatic N) is 5. The molecule has 0 saturated carbocycles. The van der Waals surface area contributed by atoms with E-state index in [-0.39, 0.29) is 36.6 Å². The normalized spacial score (nSPS) is 20.8. The number of urea groups is 1. The lowest BCUT2D eigenvalue weighted by molar-refractivity contribution is -0.136. The molecule has 0 radical (unpaired) electrons. The number of fused-ring (bicyclic) bond motifs is 1. The number of para-hydroxylation sites is 1. The van der Waals surface area contributed by atoms with Crippen molar-refractivity contribution in [3.05, 3.63) is 42.2 Å². The predicted octanol–water partition coefficient (Wildman–Crippen LogP) is 1.97. The van der Waals surface area contributed by atoms with Crippen molar-refractivity contribution in [1.29, 1.82) is 0 Å². The van der Waals surface area contributed by atoms with Crippen LogP contribution in [0.2, 0.25) is 0 Å². The van der Waals surface area contributed by atoms with Crippen LogP contribution in [-0.4, -0.2) is 80.7 Å². The zero-order valence-corrected chi connectivity index (χ0v) is 19.6. The van der Waals surface area contributed by atoms with Gasteiger partial charge in [0.2, 0.25) is 5.91 Å². The highest BCUT2D eigenvalue weighted by molar-refractivity contribution is 5.89. The van der Waals surface area contributed by atoms with Gasteiger partial charge in [0.05, 0.1) is 37.3 Å². The molecule has 0 unspecified atom stereocenters. The van der Waals surface area contributed by atoms with Crippen molar-refractivity contribution in [3.63, 3.8) is 0 Å². The average molecular weight is 459 g/mol. The second-order valence-corrected chi connectivity index (χ2v) is 8.63. The highest BCUT2D eigenvalue weighted by Gasteiger charge is 2.29. The van der Waals surface area contributed by atoms with Crippen molar-refractivity contribution in [3.8, 4) is 0 Å². The lowest BCUT2D eigenvalue weighted by Crippen LogP contribution is -2.48. The van der Waals surface area contributed by atoms with Gasteiger partial charge in [-0.05, 0) is 25.5 Å². The van der Waals surface area contributed by atoms with E-state index in [4.69, 9.17) is 4.74 Å². The van der Waals surface area contributed by atoms with Crippen molar-refractivity contribution in [2.75, 3.05) is 32.1 Å². The minimum Gasteiger partial charge on any atom is -0.394 e. The summed E-state index contributed by atoms with van der Waals surface area (Å²) in [6, 6.07) is 8.72. The molecule has 1 aliphatic heterocycles. The summed E-state index contributed by atoms with van der Waals surface area (Å²) in [5.41, 5.74) is 1.54. The van der Waals surface area contributed by atoms with Crippen LogP contribution in [0.3, 0.4) is 0 Å². The molecule has 2 heterocycles. The summed E-state index contributed by atoms with van der Waals surface area (Å²) in [6.07, 6.45) is 2.31. The van der Waals surface area contributed by atoms with Gasteiger partial charge in [-0.15, -0.1) is 5.10 Å². The summed E-state index contributed by atoms with van der Waals surface area (Å²) < 4.78 is 8.01. The smallest absolute Gasteiger partial charge is 0.321 e. The molecule has 10 heteroatoms. The second-order valence-electron chi connectivity index (χ2n) is 8.63. The van der Waals surface area contributed by atoms with Gasteiger partial charge in [0.1, 0.15) is 0 Å². The predicted molar refractivity (Wildman–Crippen MR) is 123 cm³/mol. The summed E-state index contributed by atoms with van der Waals surface area (Å²) in [5, 5.41) is 20.7. The first-order valence-corrected chi connectivity index (χ1v) is 11.4. The summed E-state index contributed by atoms with van der Waals surface area (Å²) in [7, 11) is 1.72. The van der Waals surface area contributed by atoms with Crippen molar-refractivity contribution in [2.24, 2.45) is 5.92 Å². The van der Waals surface area contributed by atoms with Crippen molar-refractivity contribution < 1.29 is 19.4 Å². The Morgan fingerprint density at radius 1 is 1.36 bits per heavy atom. The van der Waals surface area contributed by atoms with Gasteiger partial charge in [0.15, 0.2) is 0 Å². The van der Waals surface area contributed by atoms with Gasteiger partial charge in [-0.1, -0.05) is 30.3 Å². The molecule has 180 valence electrons. The molecular formula is C23H34N6O4. The molecule has 0 aliphatic carbocycles. The lowest BCUT2D eigenvalue weighted by Gasteiger charge is -2.35. The summed E-state index contributed by atoms with van der Waals surface area (Å²) in [6.45, 7) is 5.34. The van der Waals surface area contributed by atoms with Crippen LogP contribution in [0, 0.1) is 5.92 Å². The number of carbonyl (C=O) groups excluding carboxylic acids is 2. The fourth-order valence-corrected chi connectivity index (χ4v) is 3.84. The number of anilines is 1. The summed E-state index contributed by atoms with van der Waals surface area (Å²) >= 11 is 0. The first-order valence-electron chi connectivity index (χ1n) is 11.4. The van der Waals surface area contributed by atoms with Crippen LogP contribution < -0.4 is 5.32 Å². The number of rotatable bonds is 5. The lowest BCUT2D eigenvalue weighted by atomic mass is 10.0. The van der Waals surface area contributed by atoms with E-state index in [1.165, 1.54) is 0 Å². The molecule has 10 nitrogen and oxygen atoms in total. The van der Waals surface area contributed by atoms with Gasteiger partial charge in [-0.25, -0.2) is 9.48 Å². The number of carbonyl (C=O) groups is 2. The topological polar surface area (TPSA) is 113 Å². The zero-order chi connectivity index (χ0) is 23.8. The Kier molecular flexibility index (Phi) is 8.79. The molecule has 0 bridgehead atoms. The zero-order valence-electron chi connectivity index (χ0n) is 19.6. The van der Waals surface area contributed by atoms with Crippen LogP contribution in [0.4, 0.5) is 10.5 Å². The van der Waals surface area contributed by atoms with E-state index in [0.29, 0.717) is 44.8 Å². The molecule has 0 saturated heterocycles. The molecule has 2 N–H and O–H groups in total. The molecule has 3 atom stereocenters. The third-order valence-electron chi connectivity index (χ3n) is 5.97. The van der Waals surface area contributed by atoms with Crippen molar-refractivity contribution in [1.82, 2.24) is 24.8 Å². The first-order chi connectivity index (χ1) is 15.9. The van der Waals surface area contributed by atoms with Crippen LogP contribution in [0.1, 0.15) is 32.4 Å². The van der Waals surface area contributed by atoms with Crippen molar-refractivity contribution >= 4 is 17.6 Å². The third kappa shape index (κ3) is 6.75. The van der Waals surface area contributed by atoms with Crippen LogP contribution in [0.5, 0.6) is 0 Å². The molecule has 2 aromatic rings. The van der Waals surface area contributed by atoms with Crippen LogP contribution in [0.25, 0.3) is 0 Å². The molecule has 1 aliphatic rings. The van der Waals surface area contributed by atoms with Gasteiger partial charge < -0.3 is 25.0 Å². The van der Waals surface area contributed by atoms with Gasteiger partial charge in [0, 0.05) is 44.7 Å². The number of likely N-dealkylation sites (N-methyl/N-ethyl adjacent to an activating group) is 1. The van der Waals surface area contributed by atoms with E-state index in [0.717, 1.165) is 5.69 Å². The number of hydrogen-bond donors (Lipinski definition) is 2. The van der Waals surface area contributed by atoms with E-state index >= 15 is 0 Å². The Hall–Kier alpha value is -2.98. The average Bonchev–Trinajstić information content (AvgIpc) is 3.26. The van der Waals surface area contributed by atoms with E-state index in [1.807, 2.05) is 44.2 Å². The maximum atomic E-state index is 12.9. The monoisotopic (exact) mass is 458 g/mol. The SMILES string of the molecule is C[C@@H]1CN([C@@H](C)CO)C(=O)CCCn2nncc2CO[C@@H]1CN(C)C(=O)Nc1ccccc1. The first kappa shape index (κ1) is 24.7. The number of aromatic nitrogens is 3. The Labute approximate surface area is 194 Å². The number of aryl methyl sites for hydroxylation is 1. The minimum atomic E-state index is -0.347. The van der Waals surface area contributed by atoms with E-state index in [9.17, 15) is 14.7 Å². The summed E-state index contributed by atoms with van der Waals surface area (Å²) in [4.78, 5) is 29.0. The van der Waals surface area contributed by atoms with E-state index in [1.54, 1.807) is 27.7 Å². The van der Waals surface area contributed by atoms with Gasteiger partial charge in [-0.2, -0.15) is 0 Å². The maximum Gasteiger partial charge on any atom is 0.321 e. The van der Waals surface area contributed by atoms with Gasteiger partial charge >= 0.3 is 6.03 Å². The number of aliphatic hydroxyl groups excluding tert-OH is 1. The Morgan fingerprint density at radius 3 is 2.85 bits per heavy atom. The molecule has 0 fully saturated rings. The van der Waals surface area contributed by atoms with E-state index < -0.39 is 0 Å². The molecule has 0 spiro atoms. The number of amides is 3. The highest BCUT2D eigenvalue weighted by Crippen LogP contribution is 2.18. The van der Waals surface area contributed by atoms with Gasteiger partial charge in [0.25, 0.3) is 0 Å². The number of nitrogens with one attached hydrogen (secondary N) is 1. The van der Waals surface area contributed by atoms with Crippen LogP contribution >= 0.6 is 0 Å². The van der Waals surface area contributed by atoms with Gasteiger partial charge in [-0.3, -0.25) is 4.79 Å². The summed E-state index contributed by atoms with van der Waals surface area (Å²) in [5.74, 6) is -0.0988. The molecule has 3 amide bonds.